The molecule has 0 aliphatic rings. The smallest absolute Gasteiger partial charge is 0.337 e. The van der Waals surface area contributed by atoms with Gasteiger partial charge < -0.3 is 23.9 Å². The summed E-state index contributed by atoms with van der Waals surface area (Å²) in [7, 11) is 1.58. The Morgan fingerprint density at radius 1 is 1.03 bits per heavy atom. The fraction of sp³-hybridized carbons (Fsp3) is 0.188. The molecule has 0 spiro atoms. The number of nitrogens with zero attached hydrogens (tertiary/aromatic N) is 3. The first kappa shape index (κ1) is 24.9. The number of aliphatic hydroxyl groups excluding tert-OH is 1. The molecule has 0 saturated carbocycles. The summed E-state index contributed by atoms with van der Waals surface area (Å²) >= 11 is 0. The van der Waals surface area contributed by atoms with Crippen molar-refractivity contribution in [2.45, 2.75) is 26.0 Å². The van der Waals surface area contributed by atoms with Gasteiger partial charge in [0.1, 0.15) is 5.65 Å². The first-order chi connectivity index (χ1) is 19.0. The Morgan fingerprint density at radius 3 is 2.67 bits per heavy atom. The molecule has 0 saturated heterocycles. The van der Waals surface area contributed by atoms with E-state index in [1.165, 1.54) is 0 Å². The summed E-state index contributed by atoms with van der Waals surface area (Å²) in [4.78, 5) is 17.5. The number of rotatable bonds is 8. The molecule has 0 radical (unpaired) electrons. The number of carboxylic acids is 1. The summed E-state index contributed by atoms with van der Waals surface area (Å²) in [6, 6.07) is 23.4. The van der Waals surface area contributed by atoms with E-state index in [0.29, 0.717) is 29.6 Å². The number of hydrogen-bond acceptors (Lipinski definition) is 4. The average molecular weight is 520 g/mol. The van der Waals surface area contributed by atoms with E-state index >= 15 is 0 Å². The minimum absolute atomic E-state index is 0.248. The Kier molecular flexibility index (Phi) is 6.38. The molecule has 0 aliphatic heterocycles. The van der Waals surface area contributed by atoms with E-state index in [0.717, 1.165) is 38.8 Å². The third kappa shape index (κ3) is 4.35. The molecule has 1 atom stereocenters. The normalized spacial score (nSPS) is 12.5. The van der Waals surface area contributed by atoms with Crippen molar-refractivity contribution in [3.63, 3.8) is 0 Å². The molecule has 3 heterocycles. The highest BCUT2D eigenvalue weighted by Crippen LogP contribution is 2.35. The second-order valence-corrected chi connectivity index (χ2v) is 9.91. The number of hydrogen-bond donors (Lipinski definition) is 2. The van der Waals surface area contributed by atoms with Crippen molar-refractivity contribution in [3.8, 4) is 11.3 Å². The molecule has 7 heteroatoms. The maximum absolute atomic E-state index is 12.6. The predicted octanol–water partition coefficient (Wildman–Crippen LogP) is 5.71. The van der Waals surface area contributed by atoms with Crippen molar-refractivity contribution in [1.82, 2.24) is 14.0 Å². The van der Waals surface area contributed by atoms with Crippen LogP contribution in [0.2, 0.25) is 0 Å². The van der Waals surface area contributed by atoms with Crippen LogP contribution in [-0.4, -0.2) is 50.0 Å². The molecule has 7 nitrogen and oxygen atoms in total. The van der Waals surface area contributed by atoms with Crippen LogP contribution in [-0.2, 0) is 17.7 Å². The number of imidazole rings is 1. The van der Waals surface area contributed by atoms with Crippen LogP contribution < -0.4 is 0 Å². The van der Waals surface area contributed by atoms with Crippen LogP contribution in [0.15, 0.2) is 85.2 Å². The lowest BCUT2D eigenvalue weighted by atomic mass is 9.94. The zero-order chi connectivity index (χ0) is 27.1. The monoisotopic (exact) mass is 519 g/mol. The predicted molar refractivity (Wildman–Crippen MR) is 152 cm³/mol. The number of pyridine rings is 1. The molecule has 0 fully saturated rings. The zero-order valence-electron chi connectivity index (χ0n) is 21.8. The van der Waals surface area contributed by atoms with Crippen LogP contribution >= 0.6 is 0 Å². The zero-order valence-corrected chi connectivity index (χ0v) is 21.8. The number of methoxy groups -OCH3 is 1. The maximum atomic E-state index is 12.6. The number of fused-ring (bicyclic) bond motifs is 3. The lowest BCUT2D eigenvalue weighted by molar-refractivity contribution is 0.0544. The third-order valence-electron chi connectivity index (χ3n) is 7.34. The Morgan fingerprint density at radius 2 is 1.85 bits per heavy atom. The van der Waals surface area contributed by atoms with Crippen LogP contribution in [0.3, 0.4) is 0 Å². The summed E-state index contributed by atoms with van der Waals surface area (Å²) < 4.78 is 9.27. The maximum Gasteiger partial charge on any atom is 0.337 e. The number of carboxylic acid groups (broad SMARTS) is 1. The summed E-state index contributed by atoms with van der Waals surface area (Å²) in [5.74, 6) is -0.982. The van der Waals surface area contributed by atoms with Gasteiger partial charge in [-0.2, -0.15) is 0 Å². The van der Waals surface area contributed by atoms with Gasteiger partial charge in [0.2, 0.25) is 0 Å². The Labute approximate surface area is 225 Å². The first-order valence-corrected chi connectivity index (χ1v) is 12.9. The molecular formula is C32H29N3O4. The highest BCUT2D eigenvalue weighted by Gasteiger charge is 2.23. The standard InChI is InChI=1S/C32H29N3O4/c1-20-8-7-11-26-29(20)22(17-34(26)18-23(36)19-39-2)16-27-31(33-28-12-5-6-15-35(27)28)25-14-13-21-9-3-4-10-24(21)30(25)32(37)38/h3-15,17,23,36H,16,18-19H2,1-2H3,(H,37,38). The second-order valence-electron chi connectivity index (χ2n) is 9.91. The van der Waals surface area contributed by atoms with Gasteiger partial charge in [0.25, 0.3) is 0 Å². The molecule has 6 aromatic rings. The fourth-order valence-corrected chi connectivity index (χ4v) is 5.70. The van der Waals surface area contributed by atoms with Crippen molar-refractivity contribution in [2.75, 3.05) is 13.7 Å². The SMILES string of the molecule is COCC(O)Cn1cc(Cc2c(-c3ccc4ccccc4c3C(=O)O)nc3ccccn23)c2c(C)cccc21. The number of aromatic nitrogens is 3. The highest BCUT2D eigenvalue weighted by molar-refractivity contribution is 6.09. The van der Waals surface area contributed by atoms with Gasteiger partial charge in [0, 0.05) is 42.4 Å². The topological polar surface area (TPSA) is 89.0 Å². The van der Waals surface area contributed by atoms with E-state index < -0.39 is 12.1 Å². The molecule has 196 valence electrons. The van der Waals surface area contributed by atoms with Gasteiger partial charge in [-0.1, -0.05) is 54.6 Å². The lowest BCUT2D eigenvalue weighted by Gasteiger charge is -2.11. The quantitative estimate of drug-likeness (QED) is 0.269. The van der Waals surface area contributed by atoms with E-state index in [-0.39, 0.29) is 12.2 Å². The molecule has 1 unspecified atom stereocenters. The van der Waals surface area contributed by atoms with E-state index in [1.807, 2.05) is 71.3 Å². The van der Waals surface area contributed by atoms with Gasteiger partial charge in [-0.25, -0.2) is 9.78 Å². The minimum Gasteiger partial charge on any atom is -0.478 e. The van der Waals surface area contributed by atoms with Gasteiger partial charge in [-0.05, 0) is 47.0 Å². The van der Waals surface area contributed by atoms with Crippen LogP contribution in [0.1, 0.15) is 27.2 Å². The van der Waals surface area contributed by atoms with Gasteiger partial charge in [0.05, 0.1) is 36.2 Å². The summed E-state index contributed by atoms with van der Waals surface area (Å²) in [5, 5.41) is 23.5. The number of aryl methyl sites for hydroxylation is 1. The van der Waals surface area contributed by atoms with Crippen LogP contribution in [0.25, 0.3) is 38.6 Å². The lowest BCUT2D eigenvalue weighted by Crippen LogP contribution is -2.20. The van der Waals surface area contributed by atoms with E-state index in [9.17, 15) is 15.0 Å². The van der Waals surface area contributed by atoms with Crippen molar-refractivity contribution >= 4 is 33.3 Å². The van der Waals surface area contributed by atoms with Gasteiger partial charge in [-0.15, -0.1) is 0 Å². The number of ether oxygens (including phenoxy) is 1. The second kappa shape index (κ2) is 10.0. The van der Waals surface area contributed by atoms with E-state index in [4.69, 9.17) is 9.72 Å². The molecule has 0 amide bonds. The molecule has 2 N–H and O–H groups in total. The van der Waals surface area contributed by atoms with Crippen LogP contribution in [0.5, 0.6) is 0 Å². The van der Waals surface area contributed by atoms with Gasteiger partial charge in [0.15, 0.2) is 0 Å². The molecule has 0 bridgehead atoms. The molecule has 6 rings (SSSR count). The van der Waals surface area contributed by atoms with Crippen molar-refractivity contribution in [2.24, 2.45) is 0 Å². The van der Waals surface area contributed by atoms with Gasteiger partial charge >= 0.3 is 5.97 Å². The fourth-order valence-electron chi connectivity index (χ4n) is 5.70. The van der Waals surface area contributed by atoms with E-state index in [1.54, 1.807) is 7.11 Å². The Balaban J connectivity index is 1.57. The summed E-state index contributed by atoms with van der Waals surface area (Å²) in [6.07, 6.45) is 3.94. The van der Waals surface area contributed by atoms with Crippen molar-refractivity contribution in [1.29, 1.82) is 0 Å². The first-order valence-electron chi connectivity index (χ1n) is 12.9. The average Bonchev–Trinajstić information content (AvgIpc) is 3.47. The number of aromatic carboxylic acids is 1. The number of aliphatic hydroxyl groups is 1. The number of carbonyl (C=O) groups is 1. The minimum atomic E-state index is -0.982. The molecule has 0 aliphatic carbocycles. The van der Waals surface area contributed by atoms with E-state index in [2.05, 4.69) is 29.8 Å². The highest BCUT2D eigenvalue weighted by atomic mass is 16.5. The largest absolute Gasteiger partial charge is 0.478 e. The molecule has 39 heavy (non-hydrogen) atoms. The van der Waals surface area contributed by atoms with Crippen LogP contribution in [0, 0.1) is 6.92 Å². The third-order valence-corrected chi connectivity index (χ3v) is 7.34. The Hall–Kier alpha value is -4.46. The Bertz CT molecular complexity index is 1850. The van der Waals surface area contributed by atoms with Crippen molar-refractivity contribution < 1.29 is 19.7 Å². The summed E-state index contributed by atoms with van der Waals surface area (Å²) in [6.45, 7) is 2.74. The van der Waals surface area contributed by atoms with Gasteiger partial charge in [-0.3, -0.25) is 0 Å². The summed E-state index contributed by atoms with van der Waals surface area (Å²) in [5.41, 5.74) is 6.40. The van der Waals surface area contributed by atoms with Crippen molar-refractivity contribution in [3.05, 3.63) is 108 Å². The number of benzene rings is 3. The molecule has 3 aromatic carbocycles. The molecule has 3 aromatic heterocycles. The van der Waals surface area contributed by atoms with Crippen LogP contribution in [0.4, 0.5) is 0 Å². The molecular weight excluding hydrogens is 490 g/mol.